The lowest BCUT2D eigenvalue weighted by Crippen LogP contribution is -2.37. The molecule has 0 unspecified atom stereocenters. The summed E-state index contributed by atoms with van der Waals surface area (Å²) in [5.41, 5.74) is -1.01. The lowest BCUT2D eigenvalue weighted by atomic mass is 10.1. The number of aryl methyl sites for hydroxylation is 1. The predicted molar refractivity (Wildman–Crippen MR) is 84.0 cm³/mol. The number of rotatable bonds is 6. The van der Waals surface area contributed by atoms with Gasteiger partial charge >= 0.3 is 22.6 Å². The van der Waals surface area contributed by atoms with Crippen LogP contribution in [0.3, 0.4) is 0 Å². The van der Waals surface area contributed by atoms with Crippen molar-refractivity contribution in [1.82, 2.24) is 4.72 Å². The molecule has 1 aromatic carbocycles. The summed E-state index contributed by atoms with van der Waals surface area (Å²) < 4.78 is 71.3. The van der Waals surface area contributed by atoms with Crippen LogP contribution in [0.5, 0.6) is 0 Å². The van der Waals surface area contributed by atoms with E-state index in [0.29, 0.717) is 12.0 Å². The first-order valence-electron chi connectivity index (χ1n) is 7.35. The summed E-state index contributed by atoms with van der Waals surface area (Å²) >= 11 is 0. The van der Waals surface area contributed by atoms with Gasteiger partial charge in [-0.1, -0.05) is 12.1 Å². The van der Waals surface area contributed by atoms with Crippen molar-refractivity contribution in [3.8, 4) is 0 Å². The number of carbonyl (C=O) groups is 1. The number of alkyl halides is 3. The van der Waals surface area contributed by atoms with Crippen molar-refractivity contribution < 1.29 is 35.3 Å². The van der Waals surface area contributed by atoms with Crippen LogP contribution in [0.2, 0.25) is 0 Å². The van der Waals surface area contributed by atoms with E-state index in [1.54, 1.807) is 25.5 Å². The second-order valence-electron chi connectivity index (χ2n) is 6.18. The smallest absolute Gasteiger partial charge is 0.423 e. The molecule has 142 valence electrons. The average molecular weight is 383 g/mol. The first kappa shape index (κ1) is 21.2. The van der Waals surface area contributed by atoms with Gasteiger partial charge in [0.15, 0.2) is 0 Å². The molecule has 1 aromatic rings. The Kier molecular flexibility index (Phi) is 6.83. The van der Waals surface area contributed by atoms with Gasteiger partial charge in [-0.2, -0.15) is 26.3 Å². The van der Waals surface area contributed by atoms with Crippen LogP contribution in [0.4, 0.5) is 18.0 Å². The minimum atomic E-state index is -4.40. The third-order valence-electron chi connectivity index (χ3n) is 2.74. The normalized spacial score (nSPS) is 12.7. The molecule has 1 amide bonds. The van der Waals surface area contributed by atoms with Gasteiger partial charge in [-0.15, -0.1) is 0 Å². The van der Waals surface area contributed by atoms with Crippen LogP contribution in [0, 0.1) is 0 Å². The van der Waals surface area contributed by atoms with Crippen molar-refractivity contribution in [2.45, 2.75) is 45.4 Å². The van der Waals surface area contributed by atoms with Crippen molar-refractivity contribution in [2.75, 3.05) is 6.61 Å². The fourth-order valence-electron chi connectivity index (χ4n) is 1.74. The third-order valence-corrected chi connectivity index (χ3v) is 3.63. The quantitative estimate of drug-likeness (QED) is 0.761. The van der Waals surface area contributed by atoms with E-state index in [4.69, 9.17) is 4.74 Å². The zero-order valence-corrected chi connectivity index (χ0v) is 14.8. The average Bonchev–Trinajstić information content (AvgIpc) is 2.40. The maximum Gasteiger partial charge on any atom is 0.423 e. The molecule has 0 atom stereocenters. The van der Waals surface area contributed by atoms with E-state index in [9.17, 15) is 26.4 Å². The lowest BCUT2D eigenvalue weighted by Gasteiger charge is -2.19. The van der Waals surface area contributed by atoms with Gasteiger partial charge in [0.1, 0.15) is 5.60 Å². The maximum absolute atomic E-state index is 12.4. The van der Waals surface area contributed by atoms with Crippen LogP contribution < -0.4 is 4.72 Å². The molecule has 0 aliphatic heterocycles. The van der Waals surface area contributed by atoms with Gasteiger partial charge in [0.05, 0.1) is 12.2 Å². The molecule has 0 fully saturated rings. The first-order valence-corrected chi connectivity index (χ1v) is 8.76. The van der Waals surface area contributed by atoms with Gasteiger partial charge in [-0.3, -0.25) is 4.18 Å². The molecule has 0 heterocycles. The highest BCUT2D eigenvalue weighted by molar-refractivity contribution is 7.85. The van der Waals surface area contributed by atoms with E-state index >= 15 is 0 Å². The molecule has 0 saturated carbocycles. The fraction of sp³-hybridized carbons (Fsp3) is 0.533. The highest BCUT2D eigenvalue weighted by atomic mass is 32.2. The van der Waals surface area contributed by atoms with Gasteiger partial charge < -0.3 is 4.74 Å². The minimum Gasteiger partial charge on any atom is -0.443 e. The number of amides is 1. The van der Waals surface area contributed by atoms with E-state index in [2.05, 4.69) is 4.18 Å². The number of carbonyl (C=O) groups excluding carboxylic acids is 1. The Labute approximate surface area is 144 Å². The van der Waals surface area contributed by atoms with Gasteiger partial charge in [-0.25, -0.2) is 4.79 Å². The van der Waals surface area contributed by atoms with Crippen LogP contribution >= 0.6 is 0 Å². The molecule has 0 radical (unpaired) electrons. The third kappa shape index (κ3) is 8.73. The Morgan fingerprint density at radius 2 is 1.68 bits per heavy atom. The van der Waals surface area contributed by atoms with Crippen molar-refractivity contribution in [3.63, 3.8) is 0 Å². The summed E-state index contributed by atoms with van der Waals surface area (Å²) in [5, 5.41) is 0. The van der Waals surface area contributed by atoms with Gasteiger partial charge in [0.2, 0.25) is 0 Å². The second kappa shape index (κ2) is 8.05. The molecule has 1 N–H and O–H groups in total. The second-order valence-corrected chi connectivity index (χ2v) is 7.53. The van der Waals surface area contributed by atoms with Crippen LogP contribution in [0.15, 0.2) is 24.3 Å². The maximum atomic E-state index is 12.4. The van der Waals surface area contributed by atoms with Gasteiger partial charge in [-0.05, 0) is 51.3 Å². The fourth-order valence-corrected chi connectivity index (χ4v) is 2.38. The monoisotopic (exact) mass is 383 g/mol. The summed E-state index contributed by atoms with van der Waals surface area (Å²) in [6.45, 7) is 4.48. The Balaban J connectivity index is 2.40. The van der Waals surface area contributed by atoms with Crippen LogP contribution in [-0.2, 0) is 31.8 Å². The molecule has 0 aliphatic rings. The Bertz CT molecular complexity index is 679. The highest BCUT2D eigenvalue weighted by Crippen LogP contribution is 2.29. The summed E-state index contributed by atoms with van der Waals surface area (Å²) in [7, 11) is -4.31. The predicted octanol–water partition coefficient (Wildman–Crippen LogP) is 3.42. The topological polar surface area (TPSA) is 81.7 Å². The van der Waals surface area contributed by atoms with E-state index < -0.39 is 33.7 Å². The van der Waals surface area contributed by atoms with Crippen molar-refractivity contribution in [3.05, 3.63) is 35.4 Å². The van der Waals surface area contributed by atoms with Gasteiger partial charge in [0, 0.05) is 0 Å². The minimum absolute atomic E-state index is 0.237. The summed E-state index contributed by atoms with van der Waals surface area (Å²) in [6, 6.07) is 4.54. The van der Waals surface area contributed by atoms with E-state index in [-0.39, 0.29) is 13.0 Å². The molecule has 1 rings (SSSR count). The number of hydrogen-bond acceptors (Lipinski definition) is 5. The van der Waals surface area contributed by atoms with Crippen molar-refractivity contribution in [2.24, 2.45) is 0 Å². The zero-order valence-electron chi connectivity index (χ0n) is 14.0. The van der Waals surface area contributed by atoms with E-state index in [1.165, 1.54) is 12.1 Å². The molecular formula is C15H20F3NO5S. The first-order chi connectivity index (χ1) is 11.3. The molecule has 0 spiro atoms. The number of ether oxygens (including phenoxy) is 1. The molecular weight excluding hydrogens is 363 g/mol. The molecule has 25 heavy (non-hydrogen) atoms. The Hall–Kier alpha value is -1.81. The van der Waals surface area contributed by atoms with Crippen LogP contribution in [-0.4, -0.2) is 26.7 Å². The SMILES string of the molecule is CC(C)(C)OC(=O)NS(=O)(=O)OCCCc1ccc(C(F)(F)F)cc1. The molecule has 0 saturated heterocycles. The Morgan fingerprint density at radius 3 is 2.16 bits per heavy atom. The number of halogens is 3. The summed E-state index contributed by atoms with van der Waals surface area (Å²) in [6.07, 6.45) is -5.00. The number of nitrogens with one attached hydrogen (secondary N) is 1. The van der Waals surface area contributed by atoms with Gasteiger partial charge in [0.25, 0.3) is 0 Å². The van der Waals surface area contributed by atoms with Crippen LogP contribution in [0.1, 0.15) is 38.3 Å². The summed E-state index contributed by atoms with van der Waals surface area (Å²) in [4.78, 5) is 11.4. The number of benzene rings is 1. The van der Waals surface area contributed by atoms with E-state index in [1.807, 2.05) is 0 Å². The molecule has 0 aromatic heterocycles. The molecule has 10 heteroatoms. The van der Waals surface area contributed by atoms with Crippen LogP contribution in [0.25, 0.3) is 0 Å². The largest absolute Gasteiger partial charge is 0.443 e. The molecule has 0 aliphatic carbocycles. The van der Waals surface area contributed by atoms with E-state index in [0.717, 1.165) is 12.1 Å². The summed E-state index contributed by atoms with van der Waals surface area (Å²) in [5.74, 6) is 0. The number of hydrogen-bond donors (Lipinski definition) is 1. The Morgan fingerprint density at radius 1 is 1.12 bits per heavy atom. The van der Waals surface area contributed by atoms with Crippen molar-refractivity contribution >= 4 is 16.4 Å². The standard InChI is InChI=1S/C15H20F3NO5S/c1-14(2,3)24-13(20)19-25(21,22)23-10-4-5-11-6-8-12(9-7-11)15(16,17)18/h6-9H,4-5,10H2,1-3H3,(H,19,20). The highest BCUT2D eigenvalue weighted by Gasteiger charge is 2.29. The molecule has 6 nitrogen and oxygen atoms in total. The zero-order chi connectivity index (χ0) is 19.3. The van der Waals surface area contributed by atoms with Crippen molar-refractivity contribution in [1.29, 1.82) is 0 Å². The lowest BCUT2D eigenvalue weighted by molar-refractivity contribution is -0.137. The molecule has 0 bridgehead atoms.